The number of rotatable bonds is 4. The van der Waals surface area contributed by atoms with Crippen LogP contribution in [0.3, 0.4) is 0 Å². The molecule has 0 atom stereocenters. The number of carboxylic acids is 2. The lowest BCUT2D eigenvalue weighted by Crippen LogP contribution is -2.06. The molecular formula is C14H10N2O8. The Morgan fingerprint density at radius 3 is 1.42 bits per heavy atom. The first kappa shape index (κ1) is 18.2. The fourth-order valence-electron chi connectivity index (χ4n) is 1.58. The van der Waals surface area contributed by atoms with Gasteiger partial charge in [-0.05, 0) is 18.2 Å². The molecule has 2 aromatic carbocycles. The molecule has 0 saturated heterocycles. The fourth-order valence-corrected chi connectivity index (χ4v) is 1.58. The van der Waals surface area contributed by atoms with Gasteiger partial charge >= 0.3 is 11.9 Å². The average Bonchev–Trinajstić information content (AvgIpc) is 2.55. The standard InChI is InChI=1S/C8H6O4.C6H4N2O4/c9-7(10)5-3-1-2-4-6(5)8(11)12;9-7(10)5-2-1-3-6(4-5)8(11)12/h1-4H,(H,9,10)(H,11,12);1-4H. The summed E-state index contributed by atoms with van der Waals surface area (Å²) in [5.74, 6) is -2.46. The minimum Gasteiger partial charge on any atom is -0.478 e. The predicted octanol–water partition coefficient (Wildman–Crippen LogP) is 2.59. The van der Waals surface area contributed by atoms with E-state index in [1.54, 1.807) is 0 Å². The molecule has 0 fully saturated rings. The van der Waals surface area contributed by atoms with E-state index in [0.717, 1.165) is 6.07 Å². The third-order valence-corrected chi connectivity index (χ3v) is 2.64. The Bertz CT molecular complexity index is 741. The number of non-ortho nitro benzene ring substituents is 2. The van der Waals surface area contributed by atoms with Crippen molar-refractivity contribution in [3.63, 3.8) is 0 Å². The molecular weight excluding hydrogens is 324 g/mol. The molecule has 0 unspecified atom stereocenters. The highest BCUT2D eigenvalue weighted by atomic mass is 16.6. The van der Waals surface area contributed by atoms with Gasteiger partial charge in [0.25, 0.3) is 11.4 Å². The summed E-state index contributed by atoms with van der Waals surface area (Å²) in [7, 11) is 0. The van der Waals surface area contributed by atoms with Crippen molar-refractivity contribution < 1.29 is 29.6 Å². The molecule has 0 aliphatic rings. The average molecular weight is 334 g/mol. The highest BCUT2D eigenvalue weighted by Gasteiger charge is 2.13. The smallest absolute Gasteiger partial charge is 0.336 e. The van der Waals surface area contributed by atoms with Crippen LogP contribution in [-0.4, -0.2) is 32.0 Å². The van der Waals surface area contributed by atoms with Crippen LogP contribution in [0.2, 0.25) is 0 Å². The summed E-state index contributed by atoms with van der Waals surface area (Å²) in [6, 6.07) is 10.1. The van der Waals surface area contributed by atoms with E-state index in [1.165, 1.54) is 42.5 Å². The van der Waals surface area contributed by atoms with E-state index in [-0.39, 0.29) is 22.5 Å². The lowest BCUT2D eigenvalue weighted by molar-refractivity contribution is -0.394. The SMILES string of the molecule is O=C(O)c1ccccc1C(=O)O.O=[N+]([O-])c1cccc([N+](=O)[O-])c1. The van der Waals surface area contributed by atoms with Gasteiger partial charge in [0, 0.05) is 12.1 Å². The molecule has 0 amide bonds. The number of carbonyl (C=O) groups is 2. The molecule has 0 aliphatic heterocycles. The minimum absolute atomic E-state index is 0.190. The Morgan fingerprint density at radius 2 is 1.12 bits per heavy atom. The van der Waals surface area contributed by atoms with Crippen molar-refractivity contribution in [3.8, 4) is 0 Å². The van der Waals surface area contributed by atoms with E-state index in [4.69, 9.17) is 10.2 Å². The van der Waals surface area contributed by atoms with Gasteiger partial charge in [-0.15, -0.1) is 0 Å². The first-order valence-electron chi connectivity index (χ1n) is 6.18. The Labute approximate surface area is 133 Å². The summed E-state index contributed by atoms with van der Waals surface area (Å²) in [5, 5.41) is 37.4. The first-order valence-corrected chi connectivity index (χ1v) is 6.18. The molecule has 0 radical (unpaired) electrons. The summed E-state index contributed by atoms with van der Waals surface area (Å²) in [5.41, 5.74) is -0.927. The summed E-state index contributed by atoms with van der Waals surface area (Å²) >= 11 is 0. The van der Waals surface area contributed by atoms with Crippen LogP contribution in [0.15, 0.2) is 48.5 Å². The van der Waals surface area contributed by atoms with E-state index in [9.17, 15) is 29.8 Å². The van der Waals surface area contributed by atoms with E-state index < -0.39 is 21.8 Å². The molecule has 0 heterocycles. The van der Waals surface area contributed by atoms with Crippen molar-refractivity contribution in [2.45, 2.75) is 0 Å². The fraction of sp³-hybridized carbons (Fsp3) is 0. The van der Waals surface area contributed by atoms with Gasteiger partial charge in [0.05, 0.1) is 27.0 Å². The van der Waals surface area contributed by atoms with Crippen molar-refractivity contribution in [1.29, 1.82) is 0 Å². The van der Waals surface area contributed by atoms with E-state index in [1.807, 2.05) is 0 Å². The Hall–Kier alpha value is -3.82. The third kappa shape index (κ3) is 4.87. The Morgan fingerprint density at radius 1 is 0.750 bits per heavy atom. The van der Waals surface area contributed by atoms with Crippen LogP contribution >= 0.6 is 0 Å². The zero-order valence-electron chi connectivity index (χ0n) is 11.9. The van der Waals surface area contributed by atoms with E-state index >= 15 is 0 Å². The number of benzene rings is 2. The second-order valence-electron chi connectivity index (χ2n) is 4.19. The summed E-state index contributed by atoms with van der Waals surface area (Å²) in [6.07, 6.45) is 0. The number of nitrogens with zero attached hydrogens (tertiary/aromatic N) is 2. The van der Waals surface area contributed by atoms with Gasteiger partial charge in [0.15, 0.2) is 0 Å². The molecule has 0 spiro atoms. The normalized spacial score (nSPS) is 9.33. The highest BCUT2D eigenvalue weighted by Crippen LogP contribution is 2.18. The zero-order chi connectivity index (χ0) is 18.3. The number of aromatic carboxylic acids is 2. The number of hydrogen-bond acceptors (Lipinski definition) is 6. The zero-order valence-corrected chi connectivity index (χ0v) is 11.9. The molecule has 2 rings (SSSR count). The topological polar surface area (TPSA) is 161 Å². The number of carboxylic acid groups (broad SMARTS) is 2. The van der Waals surface area contributed by atoms with Crippen LogP contribution in [0.4, 0.5) is 11.4 Å². The molecule has 10 heteroatoms. The summed E-state index contributed by atoms with van der Waals surface area (Å²) in [6.45, 7) is 0. The molecule has 124 valence electrons. The van der Waals surface area contributed by atoms with Crippen molar-refractivity contribution in [2.24, 2.45) is 0 Å². The second kappa shape index (κ2) is 7.98. The predicted molar refractivity (Wildman–Crippen MR) is 80.1 cm³/mol. The molecule has 0 aromatic heterocycles. The molecule has 2 N–H and O–H groups in total. The second-order valence-corrected chi connectivity index (χ2v) is 4.19. The van der Waals surface area contributed by atoms with Crippen LogP contribution in [0.1, 0.15) is 20.7 Å². The van der Waals surface area contributed by atoms with Crippen molar-refractivity contribution >= 4 is 23.3 Å². The highest BCUT2D eigenvalue weighted by molar-refractivity contribution is 6.01. The van der Waals surface area contributed by atoms with Gasteiger partial charge in [-0.2, -0.15) is 0 Å². The van der Waals surface area contributed by atoms with Crippen LogP contribution in [0, 0.1) is 20.2 Å². The van der Waals surface area contributed by atoms with Crippen LogP contribution in [0.25, 0.3) is 0 Å². The van der Waals surface area contributed by atoms with Crippen LogP contribution < -0.4 is 0 Å². The minimum atomic E-state index is -1.23. The van der Waals surface area contributed by atoms with Crippen molar-refractivity contribution in [1.82, 2.24) is 0 Å². The van der Waals surface area contributed by atoms with Crippen molar-refractivity contribution in [3.05, 3.63) is 79.9 Å². The molecule has 24 heavy (non-hydrogen) atoms. The van der Waals surface area contributed by atoms with Gasteiger partial charge in [-0.25, -0.2) is 9.59 Å². The monoisotopic (exact) mass is 334 g/mol. The Balaban J connectivity index is 0.000000240. The van der Waals surface area contributed by atoms with Crippen LogP contribution in [0.5, 0.6) is 0 Å². The van der Waals surface area contributed by atoms with Gasteiger partial charge in [-0.3, -0.25) is 20.2 Å². The summed E-state index contributed by atoms with van der Waals surface area (Å²) < 4.78 is 0. The molecule has 2 aromatic rings. The van der Waals surface area contributed by atoms with E-state index in [2.05, 4.69) is 0 Å². The Kier molecular flexibility index (Phi) is 6.06. The lowest BCUT2D eigenvalue weighted by atomic mass is 10.1. The maximum atomic E-state index is 10.5. The molecule has 10 nitrogen and oxygen atoms in total. The maximum absolute atomic E-state index is 10.5. The van der Waals surface area contributed by atoms with Crippen LogP contribution in [-0.2, 0) is 0 Å². The van der Waals surface area contributed by atoms with Gasteiger partial charge in [0.2, 0.25) is 0 Å². The first-order chi connectivity index (χ1) is 11.2. The molecule has 0 bridgehead atoms. The quantitative estimate of drug-likeness (QED) is 0.636. The molecule has 0 aliphatic carbocycles. The molecule has 0 saturated carbocycles. The largest absolute Gasteiger partial charge is 0.478 e. The third-order valence-electron chi connectivity index (χ3n) is 2.64. The number of nitro benzene ring substituents is 2. The number of nitro groups is 2. The lowest BCUT2D eigenvalue weighted by Gasteiger charge is -1.98. The maximum Gasteiger partial charge on any atom is 0.336 e. The van der Waals surface area contributed by atoms with Crippen molar-refractivity contribution in [2.75, 3.05) is 0 Å². The summed E-state index contributed by atoms with van der Waals surface area (Å²) in [4.78, 5) is 39.9. The van der Waals surface area contributed by atoms with Gasteiger partial charge in [0.1, 0.15) is 0 Å². The van der Waals surface area contributed by atoms with E-state index in [0.29, 0.717) is 0 Å². The number of hydrogen-bond donors (Lipinski definition) is 2. The van der Waals surface area contributed by atoms with Gasteiger partial charge in [-0.1, -0.05) is 12.1 Å². The van der Waals surface area contributed by atoms with Gasteiger partial charge < -0.3 is 10.2 Å².